The quantitative estimate of drug-likeness (QED) is 0.815. The number of aryl methyl sites for hydroxylation is 2. The van der Waals surface area contributed by atoms with E-state index in [1.54, 1.807) is 26.8 Å². The third kappa shape index (κ3) is 3.23. The Morgan fingerprint density at radius 3 is 2.57 bits per heavy atom. The average Bonchev–Trinajstić information content (AvgIpc) is 3.14. The van der Waals surface area contributed by atoms with Gasteiger partial charge in [-0.2, -0.15) is 13.2 Å². The number of allylic oxidation sites excluding steroid dienone is 2. The molecule has 2 aromatic heterocycles. The second-order valence-corrected chi connectivity index (χ2v) is 6.65. The van der Waals surface area contributed by atoms with E-state index in [1.807, 2.05) is 6.08 Å². The summed E-state index contributed by atoms with van der Waals surface area (Å²) in [5.41, 5.74) is 1.84. The van der Waals surface area contributed by atoms with Crippen molar-refractivity contribution >= 4 is 17.0 Å². The molecule has 0 aromatic carbocycles. The van der Waals surface area contributed by atoms with E-state index in [2.05, 4.69) is 20.4 Å². The Hall–Kier alpha value is -2.90. The molecular weight excluding hydrogens is 369 g/mol. The molecule has 0 radical (unpaired) electrons. The zero-order valence-electron chi connectivity index (χ0n) is 14.9. The maximum Gasteiger partial charge on any atom is 0.433 e. The summed E-state index contributed by atoms with van der Waals surface area (Å²) in [7, 11) is 0. The highest BCUT2D eigenvalue weighted by Crippen LogP contribution is 2.41. The topological polar surface area (TPSA) is 63.3 Å². The molecule has 2 atom stereocenters. The van der Waals surface area contributed by atoms with Gasteiger partial charge in [0, 0.05) is 17.3 Å². The first kappa shape index (κ1) is 19.9. The number of pyridine rings is 1. The monoisotopic (exact) mass is 390 g/mol. The number of amidine groups is 1. The predicted octanol–water partition coefficient (Wildman–Crippen LogP) is 4.58. The number of aliphatic imine (C=N–C) groups is 1. The van der Waals surface area contributed by atoms with Gasteiger partial charge in [0.2, 0.25) is 0 Å². The molecule has 0 spiro atoms. The van der Waals surface area contributed by atoms with Crippen LogP contribution in [0.15, 0.2) is 40.0 Å². The van der Waals surface area contributed by atoms with Gasteiger partial charge in [0.05, 0.1) is 17.6 Å². The van der Waals surface area contributed by atoms with Crippen LogP contribution < -0.4 is 5.32 Å². The zero-order valence-corrected chi connectivity index (χ0v) is 14.9. The molecule has 2 aliphatic rings. The molecule has 0 saturated carbocycles. The molecule has 8 heteroatoms. The minimum atomic E-state index is -4.55. The van der Waals surface area contributed by atoms with Gasteiger partial charge < -0.3 is 9.84 Å². The highest BCUT2D eigenvalue weighted by atomic mass is 19.4. The molecule has 5 nitrogen and oxygen atoms in total. The Morgan fingerprint density at radius 1 is 1.18 bits per heavy atom. The van der Waals surface area contributed by atoms with Crippen molar-refractivity contribution in [1.82, 2.24) is 15.5 Å². The summed E-state index contributed by atoms with van der Waals surface area (Å²) in [6.45, 7) is 5.39. The highest BCUT2D eigenvalue weighted by Gasteiger charge is 2.40. The van der Waals surface area contributed by atoms with Gasteiger partial charge in [-0.25, -0.2) is 0 Å². The summed E-state index contributed by atoms with van der Waals surface area (Å²) in [4.78, 5) is 8.11. The fourth-order valence-corrected chi connectivity index (χ4v) is 3.69. The van der Waals surface area contributed by atoms with Gasteiger partial charge in [0.25, 0.3) is 0 Å². The second kappa shape index (κ2) is 6.92. The minimum Gasteiger partial charge on any atom is -0.365 e. The van der Waals surface area contributed by atoms with Crippen LogP contribution in [0.4, 0.5) is 13.2 Å². The molecular formula is C20H21F3N4O. The van der Waals surface area contributed by atoms with Crippen LogP contribution in [-0.2, 0) is 6.18 Å². The number of nitrogens with zero attached hydrogens (tertiary/aromatic N) is 3. The van der Waals surface area contributed by atoms with Crippen LogP contribution in [0.1, 0.15) is 42.6 Å². The van der Waals surface area contributed by atoms with Crippen LogP contribution in [0.2, 0.25) is 0 Å². The number of aromatic nitrogens is 2. The van der Waals surface area contributed by atoms with Gasteiger partial charge in [-0.1, -0.05) is 24.7 Å². The lowest BCUT2D eigenvalue weighted by atomic mass is 9.84. The zero-order chi connectivity index (χ0) is 19.3. The first-order chi connectivity index (χ1) is 12.8. The van der Waals surface area contributed by atoms with Gasteiger partial charge in [0.1, 0.15) is 11.8 Å². The third-order valence-electron chi connectivity index (χ3n) is 4.75. The fourth-order valence-electron chi connectivity index (χ4n) is 3.69. The van der Waals surface area contributed by atoms with E-state index < -0.39 is 17.9 Å². The molecule has 148 valence electrons. The highest BCUT2D eigenvalue weighted by molar-refractivity contribution is 5.94. The number of halogens is 3. The van der Waals surface area contributed by atoms with Gasteiger partial charge >= 0.3 is 6.18 Å². The van der Waals surface area contributed by atoms with Crippen molar-refractivity contribution < 1.29 is 17.7 Å². The summed E-state index contributed by atoms with van der Waals surface area (Å²) in [5, 5.41) is 7.18. The van der Waals surface area contributed by atoms with Crippen molar-refractivity contribution in [1.29, 1.82) is 0 Å². The number of hydrogen-bond acceptors (Lipinski definition) is 5. The van der Waals surface area contributed by atoms with Crippen molar-refractivity contribution in [2.45, 2.75) is 46.5 Å². The molecule has 3 heterocycles. The van der Waals surface area contributed by atoms with E-state index in [0.717, 1.165) is 17.3 Å². The predicted molar refractivity (Wildman–Crippen MR) is 102 cm³/mol. The number of alkyl halides is 3. The SMILES string of the molecule is C.CC1=NC2C(c3cccnc3C(F)(F)F)=CC(c3c(C)noc3C)=CC2N1. The van der Waals surface area contributed by atoms with Crippen LogP contribution >= 0.6 is 0 Å². The average molecular weight is 390 g/mol. The molecule has 1 aliphatic heterocycles. The molecule has 0 fully saturated rings. The molecule has 0 saturated heterocycles. The molecule has 28 heavy (non-hydrogen) atoms. The minimum absolute atomic E-state index is 0. The third-order valence-corrected chi connectivity index (χ3v) is 4.75. The number of nitrogens with one attached hydrogen (secondary N) is 1. The first-order valence-electron chi connectivity index (χ1n) is 8.46. The van der Waals surface area contributed by atoms with Crippen molar-refractivity contribution in [3.8, 4) is 0 Å². The summed E-state index contributed by atoms with van der Waals surface area (Å²) in [6, 6.07) is 2.26. The largest absolute Gasteiger partial charge is 0.433 e. The molecule has 1 aliphatic carbocycles. The van der Waals surface area contributed by atoms with Gasteiger partial charge in [0.15, 0.2) is 5.69 Å². The standard InChI is InChI=1S/C19H17F3N4O.CH4/c1-9-16(10(2)27-26-9)12-7-14(17-15(8-12)24-11(3)25-17)13-5-4-6-23-18(13)19(20,21)22;/h4-8,15,17H,1-3H3,(H,24,25);1H4. The second-order valence-electron chi connectivity index (χ2n) is 6.65. The fraction of sp³-hybridized carbons (Fsp3) is 0.350. The maximum atomic E-state index is 13.5. The lowest BCUT2D eigenvalue weighted by Crippen LogP contribution is -2.35. The van der Waals surface area contributed by atoms with Gasteiger partial charge in [-0.3, -0.25) is 9.98 Å². The molecule has 2 unspecified atom stereocenters. The Morgan fingerprint density at radius 2 is 1.93 bits per heavy atom. The molecule has 0 bridgehead atoms. The number of hydrogen-bond donors (Lipinski definition) is 1. The summed E-state index contributed by atoms with van der Waals surface area (Å²) < 4.78 is 45.9. The number of fused-ring (bicyclic) bond motifs is 1. The Balaban J connectivity index is 0.00000225. The lowest BCUT2D eigenvalue weighted by molar-refractivity contribution is -0.141. The van der Waals surface area contributed by atoms with Crippen molar-refractivity contribution in [2.75, 3.05) is 0 Å². The van der Waals surface area contributed by atoms with E-state index >= 15 is 0 Å². The molecule has 0 amide bonds. The van der Waals surface area contributed by atoms with Crippen LogP contribution in [0.3, 0.4) is 0 Å². The summed E-state index contributed by atoms with van der Waals surface area (Å²) in [6.07, 6.45) is 0.301. The number of rotatable bonds is 2. The molecule has 4 rings (SSSR count). The van der Waals surface area contributed by atoms with E-state index in [1.165, 1.54) is 12.1 Å². The Labute approximate surface area is 161 Å². The van der Waals surface area contributed by atoms with E-state index in [-0.39, 0.29) is 19.0 Å². The smallest absolute Gasteiger partial charge is 0.365 e. The van der Waals surface area contributed by atoms with E-state index in [0.29, 0.717) is 22.9 Å². The Bertz CT molecular complexity index is 982. The molecule has 1 N–H and O–H groups in total. The molecule has 2 aromatic rings. The summed E-state index contributed by atoms with van der Waals surface area (Å²) in [5.74, 6) is 1.30. The van der Waals surface area contributed by atoms with Crippen LogP contribution in [-0.4, -0.2) is 28.1 Å². The van der Waals surface area contributed by atoms with Crippen LogP contribution in [0, 0.1) is 13.8 Å². The first-order valence-corrected chi connectivity index (χ1v) is 8.46. The van der Waals surface area contributed by atoms with Crippen molar-refractivity contribution in [3.05, 3.63) is 58.8 Å². The van der Waals surface area contributed by atoms with Crippen LogP contribution in [0.25, 0.3) is 11.1 Å². The van der Waals surface area contributed by atoms with Crippen molar-refractivity contribution in [3.63, 3.8) is 0 Å². The van der Waals surface area contributed by atoms with Crippen molar-refractivity contribution in [2.24, 2.45) is 4.99 Å². The van der Waals surface area contributed by atoms with E-state index in [4.69, 9.17) is 4.52 Å². The van der Waals surface area contributed by atoms with Gasteiger partial charge in [-0.15, -0.1) is 0 Å². The van der Waals surface area contributed by atoms with Crippen LogP contribution in [0.5, 0.6) is 0 Å². The summed E-state index contributed by atoms with van der Waals surface area (Å²) >= 11 is 0. The van der Waals surface area contributed by atoms with Gasteiger partial charge in [-0.05, 0) is 44.1 Å². The Kier molecular flexibility index (Phi) is 4.91. The lowest BCUT2D eigenvalue weighted by Gasteiger charge is -2.26. The van der Waals surface area contributed by atoms with E-state index in [9.17, 15) is 13.2 Å². The maximum absolute atomic E-state index is 13.5. The normalized spacial score (nSPS) is 21.1.